The smallest absolute Gasteiger partial charge is 0.164 e. The molecule has 0 saturated carbocycles. The third-order valence-electron chi connectivity index (χ3n) is 13.6. The zero-order chi connectivity index (χ0) is 45.0. The molecule has 68 heavy (non-hydrogen) atoms. The van der Waals surface area contributed by atoms with Crippen molar-refractivity contribution in [2.75, 3.05) is 0 Å². The molecule has 4 heteroatoms. The van der Waals surface area contributed by atoms with E-state index in [-0.39, 0.29) is 0 Å². The first-order valence-electron chi connectivity index (χ1n) is 23.1. The number of rotatable bonds is 7. The van der Waals surface area contributed by atoms with Crippen LogP contribution in [0.1, 0.15) is 22.3 Å². The fourth-order valence-corrected chi connectivity index (χ4v) is 10.5. The van der Waals surface area contributed by atoms with Crippen LogP contribution < -0.4 is 4.74 Å². The van der Waals surface area contributed by atoms with Crippen LogP contribution in [0, 0.1) is 0 Å². The van der Waals surface area contributed by atoms with Crippen molar-refractivity contribution in [3.63, 3.8) is 0 Å². The predicted octanol–water partition coefficient (Wildman–Crippen LogP) is 16.0. The number of nitrogens with zero attached hydrogens (tertiary/aromatic N) is 3. The Morgan fingerprint density at radius 3 is 1.26 bits per heavy atom. The van der Waals surface area contributed by atoms with Gasteiger partial charge in [0.05, 0.1) is 5.41 Å². The Balaban J connectivity index is 1.09. The summed E-state index contributed by atoms with van der Waals surface area (Å²) in [6.45, 7) is 0. The molecule has 0 atom stereocenters. The van der Waals surface area contributed by atoms with E-state index < -0.39 is 5.41 Å². The number of para-hydroxylation sites is 2. The van der Waals surface area contributed by atoms with E-state index in [1.54, 1.807) is 0 Å². The van der Waals surface area contributed by atoms with Crippen LogP contribution in [0.5, 0.6) is 11.5 Å². The number of ether oxygens (including phenoxy) is 1. The Labute approximate surface area is 395 Å². The number of fused-ring (bicyclic) bond motifs is 9. The lowest BCUT2D eigenvalue weighted by atomic mass is 9.66. The maximum atomic E-state index is 6.75. The van der Waals surface area contributed by atoms with Crippen LogP contribution in [0.15, 0.2) is 249 Å². The van der Waals surface area contributed by atoms with E-state index in [4.69, 9.17) is 19.7 Å². The molecule has 0 N–H and O–H groups in total. The molecule has 0 radical (unpaired) electrons. The highest BCUT2D eigenvalue weighted by Crippen LogP contribution is 2.63. The summed E-state index contributed by atoms with van der Waals surface area (Å²) in [5.74, 6) is 3.52. The van der Waals surface area contributed by atoms with Crippen LogP contribution in [0.4, 0.5) is 0 Å². The normalized spacial score (nSPS) is 12.6. The minimum absolute atomic E-state index is 0.607. The highest BCUT2D eigenvalue weighted by Gasteiger charge is 2.52. The second-order valence-electron chi connectivity index (χ2n) is 17.5. The molecule has 2 heterocycles. The van der Waals surface area contributed by atoms with Crippen LogP contribution in [0.25, 0.3) is 89.8 Å². The van der Waals surface area contributed by atoms with Crippen molar-refractivity contribution >= 4 is 0 Å². The first-order chi connectivity index (χ1) is 33.7. The first kappa shape index (κ1) is 39.4. The maximum absolute atomic E-state index is 6.75. The van der Waals surface area contributed by atoms with Crippen molar-refractivity contribution < 1.29 is 4.74 Å². The van der Waals surface area contributed by atoms with Gasteiger partial charge in [0, 0.05) is 27.8 Å². The Morgan fingerprint density at radius 2 is 0.662 bits per heavy atom. The van der Waals surface area contributed by atoms with Crippen LogP contribution >= 0.6 is 0 Å². The van der Waals surface area contributed by atoms with Gasteiger partial charge in [-0.1, -0.05) is 206 Å². The largest absolute Gasteiger partial charge is 0.457 e. The van der Waals surface area contributed by atoms with Crippen LogP contribution in [0.3, 0.4) is 0 Å². The summed E-state index contributed by atoms with van der Waals surface area (Å²) in [4.78, 5) is 16.0. The lowest BCUT2D eigenvalue weighted by Crippen LogP contribution is -2.32. The lowest BCUT2D eigenvalue weighted by molar-refractivity contribution is 0.436. The summed E-state index contributed by atoms with van der Waals surface area (Å²) in [5, 5.41) is 0. The second-order valence-corrected chi connectivity index (χ2v) is 17.5. The van der Waals surface area contributed by atoms with Gasteiger partial charge in [0.1, 0.15) is 11.5 Å². The first-order valence-corrected chi connectivity index (χ1v) is 23.1. The Hall–Kier alpha value is -8.99. The van der Waals surface area contributed by atoms with Gasteiger partial charge in [-0.3, -0.25) is 0 Å². The van der Waals surface area contributed by atoms with E-state index in [0.29, 0.717) is 17.5 Å². The zero-order valence-corrected chi connectivity index (χ0v) is 36.9. The molecule has 2 aliphatic rings. The number of benzene rings is 10. The van der Waals surface area contributed by atoms with Crippen molar-refractivity contribution in [1.82, 2.24) is 15.0 Å². The van der Waals surface area contributed by atoms with E-state index in [2.05, 4.69) is 224 Å². The monoisotopic (exact) mass is 867 g/mol. The van der Waals surface area contributed by atoms with Gasteiger partial charge in [0.2, 0.25) is 0 Å². The SMILES string of the molecule is c1ccc(-c2cc(-c3ccccc3)cc(-c3ccc4c(c3)-c3c(-c5nc(-c6ccccc6)nc(-c6cccc(-c7ccccc7)c6)n5)cccc3C43c4ccccc4Oc4ccccc43)c2)cc1. The van der Waals surface area contributed by atoms with Crippen molar-refractivity contribution in [3.05, 3.63) is 271 Å². The summed E-state index contributed by atoms with van der Waals surface area (Å²) in [7, 11) is 0. The summed E-state index contributed by atoms with van der Waals surface area (Å²) in [5.41, 5.74) is 18.0. The highest BCUT2D eigenvalue weighted by molar-refractivity contribution is 5.97. The number of aromatic nitrogens is 3. The molecule has 0 saturated heterocycles. The van der Waals surface area contributed by atoms with Gasteiger partial charge in [0.25, 0.3) is 0 Å². The van der Waals surface area contributed by atoms with Crippen LogP contribution in [0.2, 0.25) is 0 Å². The fraction of sp³-hybridized carbons (Fsp3) is 0.0156. The quantitative estimate of drug-likeness (QED) is 0.160. The second kappa shape index (κ2) is 16.2. The third kappa shape index (κ3) is 6.49. The Morgan fingerprint density at radius 1 is 0.250 bits per heavy atom. The molecule has 4 nitrogen and oxygen atoms in total. The molecule has 1 aromatic heterocycles. The van der Waals surface area contributed by atoms with Crippen molar-refractivity contribution in [2.24, 2.45) is 0 Å². The highest BCUT2D eigenvalue weighted by atomic mass is 16.5. The molecule has 0 amide bonds. The van der Waals surface area contributed by atoms with Crippen molar-refractivity contribution in [3.8, 4) is 101 Å². The molecule has 11 aromatic rings. The molecular weight excluding hydrogens is 827 g/mol. The molecule has 0 bridgehead atoms. The number of hydrogen-bond acceptors (Lipinski definition) is 4. The van der Waals surface area contributed by atoms with E-state index in [0.717, 1.165) is 89.4 Å². The average molecular weight is 868 g/mol. The van der Waals surface area contributed by atoms with Gasteiger partial charge >= 0.3 is 0 Å². The maximum Gasteiger partial charge on any atom is 0.164 e. The third-order valence-corrected chi connectivity index (χ3v) is 13.6. The summed E-state index contributed by atoms with van der Waals surface area (Å²) >= 11 is 0. The van der Waals surface area contributed by atoms with Gasteiger partial charge in [0.15, 0.2) is 17.5 Å². The summed E-state index contributed by atoms with van der Waals surface area (Å²) in [6.07, 6.45) is 0. The molecule has 0 unspecified atom stereocenters. The molecule has 1 spiro atoms. The van der Waals surface area contributed by atoms with Gasteiger partial charge in [-0.2, -0.15) is 0 Å². The van der Waals surface area contributed by atoms with Gasteiger partial charge < -0.3 is 4.74 Å². The van der Waals surface area contributed by atoms with Gasteiger partial charge in [-0.05, 0) is 109 Å². The minimum atomic E-state index is -0.701. The van der Waals surface area contributed by atoms with E-state index in [1.165, 1.54) is 16.7 Å². The molecular formula is C64H41N3O. The van der Waals surface area contributed by atoms with E-state index >= 15 is 0 Å². The van der Waals surface area contributed by atoms with Gasteiger partial charge in [-0.15, -0.1) is 0 Å². The van der Waals surface area contributed by atoms with E-state index in [9.17, 15) is 0 Å². The average Bonchev–Trinajstić information content (AvgIpc) is 3.71. The van der Waals surface area contributed by atoms with Crippen LogP contribution in [-0.2, 0) is 5.41 Å². The fourth-order valence-electron chi connectivity index (χ4n) is 10.5. The Bertz CT molecular complexity index is 3600. The zero-order valence-electron chi connectivity index (χ0n) is 36.9. The molecule has 13 rings (SSSR count). The predicted molar refractivity (Wildman–Crippen MR) is 275 cm³/mol. The molecule has 1 aliphatic heterocycles. The minimum Gasteiger partial charge on any atom is -0.457 e. The molecule has 1 aliphatic carbocycles. The standard InChI is InChI=1S/C64H41N3O/c1-5-19-42(20-6-1)46-27-17-28-48(37-46)62-65-61(45-25-11-4-12-26-45)66-63(67-62)52-29-18-32-57-60(52)53-41-47(51-39-49(43-21-7-2-8-22-43)38-50(40-51)44-23-9-3-10-24-44)35-36-54(53)64(57)55-30-13-15-33-58(55)68-59-34-16-14-31-56(59)64/h1-41H. The number of hydrogen-bond donors (Lipinski definition) is 0. The summed E-state index contributed by atoms with van der Waals surface area (Å²) < 4.78 is 6.75. The Kier molecular flexibility index (Phi) is 9.36. The molecule has 318 valence electrons. The van der Waals surface area contributed by atoms with Gasteiger partial charge in [-0.25, -0.2) is 15.0 Å². The molecule has 10 aromatic carbocycles. The summed E-state index contributed by atoms with van der Waals surface area (Å²) in [6, 6.07) is 88.2. The van der Waals surface area contributed by atoms with Crippen LogP contribution in [-0.4, -0.2) is 15.0 Å². The van der Waals surface area contributed by atoms with Crippen molar-refractivity contribution in [2.45, 2.75) is 5.41 Å². The van der Waals surface area contributed by atoms with Crippen molar-refractivity contribution in [1.29, 1.82) is 0 Å². The lowest BCUT2D eigenvalue weighted by Gasteiger charge is -2.39. The molecule has 0 fully saturated rings. The topological polar surface area (TPSA) is 47.9 Å². The van der Waals surface area contributed by atoms with E-state index in [1.807, 2.05) is 24.3 Å².